The summed E-state index contributed by atoms with van der Waals surface area (Å²) in [6.07, 6.45) is 3.58. The smallest absolute Gasteiger partial charge is 0.220 e. The summed E-state index contributed by atoms with van der Waals surface area (Å²) in [5.41, 5.74) is 3.90. The minimum absolute atomic E-state index is 0.491. The third-order valence-electron chi connectivity index (χ3n) is 5.48. The number of para-hydroxylation sites is 1. The van der Waals surface area contributed by atoms with Crippen LogP contribution in [0.5, 0.6) is 11.6 Å². The first-order valence-electron chi connectivity index (χ1n) is 10.5. The van der Waals surface area contributed by atoms with Gasteiger partial charge in [0, 0.05) is 40.9 Å². The van der Waals surface area contributed by atoms with Crippen LogP contribution in [0.3, 0.4) is 0 Å². The van der Waals surface area contributed by atoms with Crippen LogP contribution in [0.15, 0.2) is 108 Å². The van der Waals surface area contributed by atoms with Crippen LogP contribution in [-0.4, -0.2) is 19.5 Å². The molecule has 0 amide bonds. The Bertz CT molecular complexity index is 1600. The van der Waals surface area contributed by atoms with E-state index in [1.807, 2.05) is 66.7 Å². The standard InChI is InChI=1S/C27H17BrN4O/c28-25-15-18(22-8-3-5-13-29-22)16-27(31-25)33-19-11-12-21-20-7-1-2-9-23(20)32(24(21)17-19)26-10-4-6-14-30-26/h1-17H. The molecule has 0 aliphatic carbocycles. The summed E-state index contributed by atoms with van der Waals surface area (Å²) in [7, 11) is 0. The molecule has 0 aliphatic rings. The highest BCUT2D eigenvalue weighted by Crippen LogP contribution is 2.35. The van der Waals surface area contributed by atoms with Gasteiger partial charge in [0.15, 0.2) is 0 Å². The summed E-state index contributed by atoms with van der Waals surface area (Å²) < 4.78 is 9.06. The van der Waals surface area contributed by atoms with E-state index in [1.54, 1.807) is 12.4 Å². The number of ether oxygens (including phenoxy) is 1. The van der Waals surface area contributed by atoms with Crippen molar-refractivity contribution in [2.24, 2.45) is 0 Å². The van der Waals surface area contributed by atoms with Crippen molar-refractivity contribution >= 4 is 37.7 Å². The summed E-state index contributed by atoms with van der Waals surface area (Å²) in [5, 5.41) is 2.31. The van der Waals surface area contributed by atoms with E-state index in [0.29, 0.717) is 16.2 Å². The van der Waals surface area contributed by atoms with Crippen molar-refractivity contribution in [3.05, 3.63) is 108 Å². The number of pyridine rings is 3. The van der Waals surface area contributed by atoms with Crippen LogP contribution in [0.2, 0.25) is 0 Å². The molecule has 0 saturated heterocycles. The topological polar surface area (TPSA) is 52.8 Å². The highest BCUT2D eigenvalue weighted by atomic mass is 79.9. The minimum atomic E-state index is 0.491. The molecule has 2 aromatic carbocycles. The maximum absolute atomic E-state index is 6.21. The number of fused-ring (bicyclic) bond motifs is 3. The molecule has 158 valence electrons. The van der Waals surface area contributed by atoms with Gasteiger partial charge < -0.3 is 4.74 Å². The Hall–Kier alpha value is -4.03. The minimum Gasteiger partial charge on any atom is -0.439 e. The Morgan fingerprint density at radius 3 is 2.30 bits per heavy atom. The summed E-state index contributed by atoms with van der Waals surface area (Å²) >= 11 is 3.50. The lowest BCUT2D eigenvalue weighted by Gasteiger charge is -2.10. The van der Waals surface area contributed by atoms with Gasteiger partial charge in [0.05, 0.1) is 16.7 Å². The van der Waals surface area contributed by atoms with Crippen molar-refractivity contribution in [2.45, 2.75) is 0 Å². The van der Waals surface area contributed by atoms with E-state index in [9.17, 15) is 0 Å². The van der Waals surface area contributed by atoms with Crippen molar-refractivity contribution in [1.82, 2.24) is 19.5 Å². The van der Waals surface area contributed by atoms with E-state index in [4.69, 9.17) is 4.74 Å². The van der Waals surface area contributed by atoms with Crippen molar-refractivity contribution in [2.75, 3.05) is 0 Å². The first kappa shape index (κ1) is 19.6. The monoisotopic (exact) mass is 492 g/mol. The van der Waals surface area contributed by atoms with Crippen LogP contribution in [0, 0.1) is 0 Å². The highest BCUT2D eigenvalue weighted by molar-refractivity contribution is 9.10. The first-order chi connectivity index (χ1) is 16.3. The largest absolute Gasteiger partial charge is 0.439 e. The zero-order valence-corrected chi connectivity index (χ0v) is 19.0. The molecule has 4 heterocycles. The fraction of sp³-hybridized carbons (Fsp3) is 0. The van der Waals surface area contributed by atoms with Crippen LogP contribution >= 0.6 is 15.9 Å². The van der Waals surface area contributed by atoms with Gasteiger partial charge in [0.25, 0.3) is 0 Å². The Morgan fingerprint density at radius 2 is 1.48 bits per heavy atom. The zero-order valence-electron chi connectivity index (χ0n) is 17.4. The molecule has 6 aromatic rings. The molecular formula is C27H17BrN4O. The van der Waals surface area contributed by atoms with Crippen LogP contribution in [0.25, 0.3) is 38.9 Å². The Morgan fingerprint density at radius 1 is 0.697 bits per heavy atom. The Labute approximate surface area is 198 Å². The molecule has 33 heavy (non-hydrogen) atoms. The Balaban J connectivity index is 1.47. The van der Waals surface area contributed by atoms with Crippen molar-refractivity contribution in [1.29, 1.82) is 0 Å². The van der Waals surface area contributed by atoms with Gasteiger partial charge in [-0.15, -0.1) is 0 Å². The average molecular weight is 493 g/mol. The van der Waals surface area contributed by atoms with E-state index < -0.39 is 0 Å². The van der Waals surface area contributed by atoms with Gasteiger partial charge in [0.2, 0.25) is 5.88 Å². The third-order valence-corrected chi connectivity index (χ3v) is 5.88. The van der Waals surface area contributed by atoms with Crippen LogP contribution in [0.4, 0.5) is 0 Å². The van der Waals surface area contributed by atoms with Gasteiger partial charge >= 0.3 is 0 Å². The first-order valence-corrected chi connectivity index (χ1v) is 11.3. The van der Waals surface area contributed by atoms with Gasteiger partial charge in [-0.3, -0.25) is 9.55 Å². The van der Waals surface area contributed by atoms with E-state index in [2.05, 4.69) is 59.7 Å². The lowest BCUT2D eigenvalue weighted by atomic mass is 10.1. The number of benzene rings is 2. The predicted molar refractivity (Wildman–Crippen MR) is 134 cm³/mol. The lowest BCUT2D eigenvalue weighted by Crippen LogP contribution is -1.96. The molecule has 0 fully saturated rings. The molecule has 4 aromatic heterocycles. The molecule has 0 saturated carbocycles. The van der Waals surface area contributed by atoms with Crippen LogP contribution in [-0.2, 0) is 0 Å². The molecular weight excluding hydrogens is 476 g/mol. The second kappa shape index (κ2) is 8.15. The van der Waals surface area contributed by atoms with Crippen molar-refractivity contribution < 1.29 is 4.74 Å². The number of hydrogen-bond donors (Lipinski definition) is 0. The molecule has 0 radical (unpaired) electrons. The van der Waals surface area contributed by atoms with E-state index in [0.717, 1.165) is 33.5 Å². The number of aromatic nitrogens is 4. The molecule has 0 atom stereocenters. The van der Waals surface area contributed by atoms with Crippen molar-refractivity contribution in [3.8, 4) is 28.7 Å². The molecule has 6 rings (SSSR count). The maximum atomic E-state index is 6.21. The number of nitrogens with zero attached hydrogens (tertiary/aromatic N) is 4. The molecule has 0 bridgehead atoms. The Kier molecular flexibility index (Phi) is 4.85. The average Bonchev–Trinajstić information content (AvgIpc) is 3.18. The second-order valence-corrected chi connectivity index (χ2v) is 8.37. The predicted octanol–water partition coefficient (Wildman–Crippen LogP) is 7.19. The van der Waals surface area contributed by atoms with Gasteiger partial charge in [-0.2, -0.15) is 0 Å². The van der Waals surface area contributed by atoms with Crippen LogP contribution < -0.4 is 4.74 Å². The lowest BCUT2D eigenvalue weighted by molar-refractivity contribution is 0.462. The van der Waals surface area contributed by atoms with Gasteiger partial charge in [-0.05, 0) is 64.5 Å². The van der Waals surface area contributed by atoms with Crippen molar-refractivity contribution in [3.63, 3.8) is 0 Å². The van der Waals surface area contributed by atoms with E-state index in [-0.39, 0.29) is 0 Å². The van der Waals surface area contributed by atoms with E-state index >= 15 is 0 Å². The molecule has 5 nitrogen and oxygen atoms in total. The maximum Gasteiger partial charge on any atom is 0.220 e. The number of halogens is 1. The number of rotatable bonds is 4. The van der Waals surface area contributed by atoms with Gasteiger partial charge in [0.1, 0.15) is 16.2 Å². The van der Waals surface area contributed by atoms with Gasteiger partial charge in [-0.1, -0.05) is 30.3 Å². The quantitative estimate of drug-likeness (QED) is 0.244. The molecule has 0 aliphatic heterocycles. The summed E-state index contributed by atoms with van der Waals surface area (Å²) in [4.78, 5) is 13.5. The zero-order chi connectivity index (χ0) is 22.2. The SMILES string of the molecule is Brc1cc(-c2ccccn2)cc(Oc2ccc3c4ccccc4n(-c4ccccn4)c3c2)n1. The van der Waals surface area contributed by atoms with E-state index in [1.165, 1.54) is 5.39 Å². The second-order valence-electron chi connectivity index (χ2n) is 7.55. The molecule has 6 heteroatoms. The molecule has 0 N–H and O–H groups in total. The fourth-order valence-corrected chi connectivity index (χ4v) is 4.50. The van der Waals surface area contributed by atoms with Crippen LogP contribution in [0.1, 0.15) is 0 Å². The summed E-state index contributed by atoms with van der Waals surface area (Å²) in [6.45, 7) is 0. The summed E-state index contributed by atoms with van der Waals surface area (Å²) in [6, 6.07) is 30.0. The highest BCUT2D eigenvalue weighted by Gasteiger charge is 2.14. The number of hydrogen-bond acceptors (Lipinski definition) is 4. The normalized spacial score (nSPS) is 11.2. The summed E-state index contributed by atoms with van der Waals surface area (Å²) in [5.74, 6) is 2.05. The third kappa shape index (κ3) is 3.64. The van der Waals surface area contributed by atoms with Gasteiger partial charge in [-0.25, -0.2) is 9.97 Å². The fourth-order valence-electron chi connectivity index (χ4n) is 4.07. The molecule has 0 unspecified atom stereocenters. The molecule has 0 spiro atoms.